The van der Waals surface area contributed by atoms with Crippen molar-refractivity contribution >= 4 is 5.91 Å². The Bertz CT molecular complexity index is 575. The minimum absolute atomic E-state index is 0.201. The molecule has 0 bridgehead atoms. The molecule has 144 valence electrons. The first-order valence-corrected chi connectivity index (χ1v) is 10.1. The molecular formula is C21H34N4O. The Hall–Kier alpha value is -1.43. The highest BCUT2D eigenvalue weighted by Gasteiger charge is 2.22. The van der Waals surface area contributed by atoms with Crippen LogP contribution in [0.4, 0.5) is 0 Å². The highest BCUT2D eigenvalue weighted by molar-refractivity contribution is 5.78. The number of aryl methyl sites for hydroxylation is 1. The maximum atomic E-state index is 12.4. The number of amides is 1. The molecule has 1 amide bonds. The van der Waals surface area contributed by atoms with Crippen molar-refractivity contribution in [3.63, 3.8) is 0 Å². The van der Waals surface area contributed by atoms with Gasteiger partial charge in [0.1, 0.15) is 0 Å². The fraction of sp³-hybridized carbons (Fsp3) is 0.667. The van der Waals surface area contributed by atoms with Crippen LogP contribution in [0.15, 0.2) is 24.3 Å². The van der Waals surface area contributed by atoms with E-state index >= 15 is 0 Å². The Labute approximate surface area is 158 Å². The minimum atomic E-state index is 0.201. The van der Waals surface area contributed by atoms with Crippen LogP contribution in [0, 0.1) is 6.92 Å². The predicted octanol–water partition coefficient (Wildman–Crippen LogP) is 1.71. The molecule has 1 aromatic rings. The number of rotatable bonds is 6. The van der Waals surface area contributed by atoms with Gasteiger partial charge in [-0.25, -0.2) is 0 Å². The Morgan fingerprint density at radius 3 is 2.38 bits per heavy atom. The second kappa shape index (κ2) is 9.49. The van der Waals surface area contributed by atoms with E-state index in [1.165, 1.54) is 11.1 Å². The molecule has 0 unspecified atom stereocenters. The highest BCUT2D eigenvalue weighted by atomic mass is 16.2. The summed E-state index contributed by atoms with van der Waals surface area (Å²) in [7, 11) is 0. The topological polar surface area (TPSA) is 38.8 Å². The van der Waals surface area contributed by atoms with Crippen LogP contribution in [0.2, 0.25) is 0 Å². The number of hydrogen-bond donors (Lipinski definition) is 1. The Balaban J connectivity index is 1.35. The second-order valence-electron chi connectivity index (χ2n) is 7.82. The Morgan fingerprint density at radius 1 is 1.04 bits per heavy atom. The van der Waals surface area contributed by atoms with Gasteiger partial charge in [0.25, 0.3) is 0 Å². The second-order valence-corrected chi connectivity index (χ2v) is 7.82. The summed E-state index contributed by atoms with van der Waals surface area (Å²) in [6.45, 7) is 13.3. The standard InChI is InChI=1S/C21H34N4O/c1-3-23-9-7-20(8-10-23)22-21(26)17-25-13-11-24(12-14-25)16-19-6-4-5-18(2)15-19/h4-6,15,20H,3,7-14,16-17H2,1-2H3,(H,22,26). The molecule has 26 heavy (non-hydrogen) atoms. The molecule has 1 aromatic carbocycles. The average Bonchev–Trinajstić information content (AvgIpc) is 2.64. The van der Waals surface area contributed by atoms with Crippen LogP contribution in [0.3, 0.4) is 0 Å². The summed E-state index contributed by atoms with van der Waals surface area (Å²) in [5.74, 6) is 0.201. The number of likely N-dealkylation sites (tertiary alicyclic amines) is 1. The van der Waals surface area contributed by atoms with E-state index in [2.05, 4.69) is 58.1 Å². The largest absolute Gasteiger partial charge is 0.352 e. The molecule has 0 saturated carbocycles. The number of nitrogens with one attached hydrogen (secondary N) is 1. The first-order chi connectivity index (χ1) is 12.6. The third-order valence-corrected chi connectivity index (χ3v) is 5.72. The summed E-state index contributed by atoms with van der Waals surface area (Å²) < 4.78 is 0. The number of carbonyl (C=O) groups is 1. The maximum absolute atomic E-state index is 12.4. The molecule has 0 spiro atoms. The zero-order chi connectivity index (χ0) is 18.4. The molecule has 5 heteroatoms. The lowest BCUT2D eigenvalue weighted by Gasteiger charge is -2.35. The number of benzene rings is 1. The van der Waals surface area contributed by atoms with Crippen molar-refractivity contribution in [1.82, 2.24) is 20.0 Å². The average molecular weight is 359 g/mol. The monoisotopic (exact) mass is 358 g/mol. The summed E-state index contributed by atoms with van der Waals surface area (Å²) in [4.78, 5) is 19.6. The molecule has 2 aliphatic rings. The number of piperidine rings is 1. The van der Waals surface area contributed by atoms with Gasteiger partial charge in [-0.15, -0.1) is 0 Å². The fourth-order valence-corrected chi connectivity index (χ4v) is 4.04. The molecule has 3 rings (SSSR count). The molecule has 2 heterocycles. The predicted molar refractivity (Wildman–Crippen MR) is 106 cm³/mol. The molecule has 0 aliphatic carbocycles. The normalized spacial score (nSPS) is 21.0. The number of hydrogen-bond acceptors (Lipinski definition) is 4. The SMILES string of the molecule is CCN1CCC(NC(=O)CN2CCN(Cc3cccc(C)c3)CC2)CC1. The molecule has 1 N–H and O–H groups in total. The third-order valence-electron chi connectivity index (χ3n) is 5.72. The van der Waals surface area contributed by atoms with E-state index in [0.717, 1.165) is 65.2 Å². The molecule has 0 aromatic heterocycles. The van der Waals surface area contributed by atoms with Gasteiger partial charge in [-0.05, 0) is 31.9 Å². The van der Waals surface area contributed by atoms with Gasteiger partial charge in [0.05, 0.1) is 6.54 Å². The van der Waals surface area contributed by atoms with Crippen molar-refractivity contribution in [1.29, 1.82) is 0 Å². The summed E-state index contributed by atoms with van der Waals surface area (Å²) >= 11 is 0. The van der Waals surface area contributed by atoms with Crippen LogP contribution in [0.5, 0.6) is 0 Å². The van der Waals surface area contributed by atoms with E-state index in [1.54, 1.807) is 0 Å². The van der Waals surface area contributed by atoms with E-state index < -0.39 is 0 Å². The van der Waals surface area contributed by atoms with Gasteiger partial charge in [0.15, 0.2) is 0 Å². The van der Waals surface area contributed by atoms with Gasteiger partial charge in [-0.1, -0.05) is 36.8 Å². The lowest BCUT2D eigenvalue weighted by Crippen LogP contribution is -2.51. The van der Waals surface area contributed by atoms with E-state index in [0.29, 0.717) is 12.6 Å². The van der Waals surface area contributed by atoms with Crippen molar-refractivity contribution in [2.75, 3.05) is 52.4 Å². The molecular weight excluding hydrogens is 324 g/mol. The van der Waals surface area contributed by atoms with Gasteiger partial charge >= 0.3 is 0 Å². The lowest BCUT2D eigenvalue weighted by atomic mass is 10.1. The first kappa shape index (κ1) is 19.3. The number of carbonyl (C=O) groups excluding carboxylic acids is 1. The van der Waals surface area contributed by atoms with Gasteiger partial charge < -0.3 is 10.2 Å². The molecule has 5 nitrogen and oxygen atoms in total. The molecule has 0 radical (unpaired) electrons. The van der Waals surface area contributed by atoms with Crippen LogP contribution >= 0.6 is 0 Å². The zero-order valence-electron chi connectivity index (χ0n) is 16.4. The van der Waals surface area contributed by atoms with Crippen molar-refractivity contribution in [3.05, 3.63) is 35.4 Å². The Kier molecular flexibility index (Phi) is 7.06. The lowest BCUT2D eigenvalue weighted by molar-refractivity contribution is -0.123. The van der Waals surface area contributed by atoms with Crippen molar-refractivity contribution in [3.8, 4) is 0 Å². The van der Waals surface area contributed by atoms with Crippen LogP contribution in [0.1, 0.15) is 30.9 Å². The molecule has 2 aliphatic heterocycles. The van der Waals surface area contributed by atoms with Crippen molar-refractivity contribution < 1.29 is 4.79 Å². The summed E-state index contributed by atoms with van der Waals surface area (Å²) in [6, 6.07) is 9.12. The first-order valence-electron chi connectivity index (χ1n) is 10.1. The summed E-state index contributed by atoms with van der Waals surface area (Å²) in [5, 5.41) is 3.25. The molecule has 0 atom stereocenters. The van der Waals surface area contributed by atoms with Gasteiger partial charge in [0.2, 0.25) is 5.91 Å². The summed E-state index contributed by atoms with van der Waals surface area (Å²) in [5.41, 5.74) is 2.71. The maximum Gasteiger partial charge on any atom is 0.234 e. The number of nitrogens with zero attached hydrogens (tertiary/aromatic N) is 3. The number of piperazine rings is 1. The Morgan fingerprint density at radius 2 is 1.73 bits per heavy atom. The minimum Gasteiger partial charge on any atom is -0.352 e. The van der Waals surface area contributed by atoms with Crippen LogP contribution in [-0.2, 0) is 11.3 Å². The summed E-state index contributed by atoms with van der Waals surface area (Å²) in [6.07, 6.45) is 2.17. The van der Waals surface area contributed by atoms with Gasteiger partial charge in [-0.2, -0.15) is 0 Å². The fourth-order valence-electron chi connectivity index (χ4n) is 4.04. The smallest absolute Gasteiger partial charge is 0.234 e. The quantitative estimate of drug-likeness (QED) is 0.840. The molecule has 2 fully saturated rings. The van der Waals surface area contributed by atoms with Crippen LogP contribution < -0.4 is 5.32 Å². The van der Waals surface area contributed by atoms with E-state index in [-0.39, 0.29) is 5.91 Å². The van der Waals surface area contributed by atoms with Crippen LogP contribution in [0.25, 0.3) is 0 Å². The van der Waals surface area contributed by atoms with Crippen molar-refractivity contribution in [2.24, 2.45) is 0 Å². The zero-order valence-corrected chi connectivity index (χ0v) is 16.4. The van der Waals surface area contributed by atoms with E-state index in [9.17, 15) is 4.79 Å². The van der Waals surface area contributed by atoms with E-state index in [4.69, 9.17) is 0 Å². The highest BCUT2D eigenvalue weighted by Crippen LogP contribution is 2.11. The van der Waals surface area contributed by atoms with Crippen LogP contribution in [-0.4, -0.2) is 79.0 Å². The third kappa shape index (κ3) is 5.79. The van der Waals surface area contributed by atoms with Gasteiger partial charge in [0, 0.05) is 51.9 Å². The van der Waals surface area contributed by atoms with Crippen molar-refractivity contribution in [2.45, 2.75) is 39.3 Å². The van der Waals surface area contributed by atoms with E-state index in [1.807, 2.05) is 0 Å². The molecule has 2 saturated heterocycles. The van der Waals surface area contributed by atoms with Gasteiger partial charge in [-0.3, -0.25) is 14.6 Å².